The van der Waals surface area contributed by atoms with Crippen molar-refractivity contribution in [3.63, 3.8) is 0 Å². The number of methoxy groups -OCH3 is 1. The van der Waals surface area contributed by atoms with Gasteiger partial charge >= 0.3 is 5.97 Å². The van der Waals surface area contributed by atoms with Crippen LogP contribution in [0.5, 0.6) is 0 Å². The third-order valence-electron chi connectivity index (χ3n) is 2.26. The second-order valence-corrected chi connectivity index (χ2v) is 3.39. The predicted octanol–water partition coefficient (Wildman–Crippen LogP) is 1.01. The minimum absolute atomic E-state index is 0.0488. The minimum Gasteiger partial charge on any atom is -0.467 e. The first kappa shape index (κ1) is 13.5. The number of aliphatic imine (C=N–C) groups is 1. The van der Waals surface area contributed by atoms with Crippen molar-refractivity contribution in [2.45, 2.75) is 12.5 Å². The van der Waals surface area contributed by atoms with Crippen LogP contribution in [0, 0.1) is 10.1 Å². The van der Waals surface area contributed by atoms with Crippen LogP contribution in [0.1, 0.15) is 5.56 Å². The van der Waals surface area contributed by atoms with Crippen LogP contribution in [0.3, 0.4) is 0 Å². The molecule has 18 heavy (non-hydrogen) atoms. The smallest absolute Gasteiger partial charge is 0.331 e. The van der Waals surface area contributed by atoms with Crippen molar-refractivity contribution >= 4 is 17.7 Å². The van der Waals surface area contributed by atoms with E-state index in [9.17, 15) is 19.7 Å². The summed E-state index contributed by atoms with van der Waals surface area (Å²) in [5, 5.41) is 10.5. The number of nitro benzene ring substituents is 1. The number of carbonyl (C=O) groups is 1. The molecule has 0 spiro atoms. The molecule has 0 heterocycles. The molecule has 0 aliphatic carbocycles. The van der Waals surface area contributed by atoms with E-state index in [1.54, 1.807) is 0 Å². The van der Waals surface area contributed by atoms with Crippen molar-refractivity contribution in [3.05, 3.63) is 39.9 Å². The molecule has 0 saturated carbocycles. The zero-order valence-corrected chi connectivity index (χ0v) is 9.53. The number of benzene rings is 1. The fourth-order valence-corrected chi connectivity index (χ4v) is 1.36. The summed E-state index contributed by atoms with van der Waals surface area (Å²) >= 11 is 0. The van der Waals surface area contributed by atoms with E-state index in [2.05, 4.69) is 9.73 Å². The summed E-state index contributed by atoms with van der Waals surface area (Å²) in [7, 11) is 1.19. The number of hydrogen-bond acceptors (Lipinski definition) is 6. The molecule has 7 heteroatoms. The summed E-state index contributed by atoms with van der Waals surface area (Å²) in [5.74, 6) is -0.656. The van der Waals surface area contributed by atoms with Crippen molar-refractivity contribution in [1.29, 1.82) is 0 Å². The summed E-state index contributed by atoms with van der Waals surface area (Å²) in [6, 6.07) is 4.64. The van der Waals surface area contributed by atoms with Crippen molar-refractivity contribution in [1.82, 2.24) is 0 Å². The first-order chi connectivity index (χ1) is 8.58. The summed E-state index contributed by atoms with van der Waals surface area (Å²) in [5.41, 5.74) is 0.585. The van der Waals surface area contributed by atoms with Crippen molar-refractivity contribution in [2.24, 2.45) is 4.99 Å². The second kappa shape index (κ2) is 6.27. The Morgan fingerprint density at radius 3 is 2.56 bits per heavy atom. The summed E-state index contributed by atoms with van der Waals surface area (Å²) in [6.45, 7) is 0. The van der Waals surface area contributed by atoms with Gasteiger partial charge in [0.1, 0.15) is 0 Å². The number of carbonyl (C=O) groups excluding carboxylic acids is 2. The van der Waals surface area contributed by atoms with Gasteiger partial charge in [-0.3, -0.25) is 10.1 Å². The largest absolute Gasteiger partial charge is 0.467 e. The molecule has 94 valence electrons. The number of nitro groups is 1. The minimum atomic E-state index is -0.978. The monoisotopic (exact) mass is 250 g/mol. The molecule has 0 unspecified atom stereocenters. The van der Waals surface area contributed by atoms with Gasteiger partial charge in [0.15, 0.2) is 6.04 Å². The van der Waals surface area contributed by atoms with Gasteiger partial charge in [0, 0.05) is 18.6 Å². The van der Waals surface area contributed by atoms with Gasteiger partial charge in [-0.25, -0.2) is 9.59 Å². The molecule has 0 radical (unpaired) electrons. The number of isocyanates is 1. The molecule has 1 aromatic rings. The Morgan fingerprint density at radius 2 is 2.11 bits per heavy atom. The molecule has 0 aromatic heterocycles. The van der Waals surface area contributed by atoms with E-state index in [4.69, 9.17) is 0 Å². The van der Waals surface area contributed by atoms with Crippen LogP contribution in [-0.4, -0.2) is 30.1 Å². The number of ether oxygens (including phenoxy) is 1. The van der Waals surface area contributed by atoms with Crippen LogP contribution >= 0.6 is 0 Å². The van der Waals surface area contributed by atoms with Gasteiger partial charge in [-0.2, -0.15) is 4.99 Å². The molecule has 1 aromatic carbocycles. The van der Waals surface area contributed by atoms with E-state index in [0.29, 0.717) is 5.56 Å². The average Bonchev–Trinajstić information content (AvgIpc) is 2.38. The number of esters is 1. The third kappa shape index (κ3) is 3.50. The topological polar surface area (TPSA) is 98.9 Å². The number of rotatable bonds is 5. The normalized spacial score (nSPS) is 11.2. The van der Waals surface area contributed by atoms with E-state index in [0.717, 1.165) is 0 Å². The Bertz CT molecular complexity index is 491. The molecule has 0 aliphatic rings. The van der Waals surface area contributed by atoms with Gasteiger partial charge in [0.25, 0.3) is 5.69 Å². The SMILES string of the molecule is COC(=O)[C@H](Cc1ccc([N+](=O)[O-])cc1)N=C=O. The lowest BCUT2D eigenvalue weighted by atomic mass is 10.1. The maximum Gasteiger partial charge on any atom is 0.331 e. The van der Waals surface area contributed by atoms with E-state index in [-0.39, 0.29) is 12.1 Å². The quantitative estimate of drug-likeness (QED) is 0.255. The van der Waals surface area contributed by atoms with E-state index in [1.165, 1.54) is 37.5 Å². The molecule has 0 N–H and O–H groups in total. The standard InChI is InChI=1S/C11H10N2O5/c1-18-11(15)10(12-7-14)6-8-2-4-9(5-3-8)13(16)17/h2-5,10H,6H2,1H3/t10-/m0/s1. The molecule has 0 aliphatic heterocycles. The molecule has 0 saturated heterocycles. The Labute approximate surface area is 102 Å². The van der Waals surface area contributed by atoms with Crippen LogP contribution in [0.4, 0.5) is 5.69 Å². The van der Waals surface area contributed by atoms with Crippen LogP contribution < -0.4 is 0 Å². The average molecular weight is 250 g/mol. The van der Waals surface area contributed by atoms with Gasteiger partial charge in [0.2, 0.25) is 6.08 Å². The van der Waals surface area contributed by atoms with Crippen LogP contribution in [0.2, 0.25) is 0 Å². The fourth-order valence-electron chi connectivity index (χ4n) is 1.36. The summed E-state index contributed by atoms with van der Waals surface area (Å²) in [4.78, 5) is 34.7. The number of non-ortho nitro benzene ring substituents is 1. The zero-order valence-electron chi connectivity index (χ0n) is 9.53. The van der Waals surface area contributed by atoms with Crippen molar-refractivity contribution in [3.8, 4) is 0 Å². The molecule has 0 bridgehead atoms. The Morgan fingerprint density at radius 1 is 1.50 bits per heavy atom. The van der Waals surface area contributed by atoms with Gasteiger partial charge in [-0.15, -0.1) is 0 Å². The maximum absolute atomic E-state index is 11.3. The Balaban J connectivity index is 2.84. The van der Waals surface area contributed by atoms with Crippen molar-refractivity contribution < 1.29 is 19.2 Å². The first-order valence-electron chi connectivity index (χ1n) is 4.96. The number of nitrogens with zero attached hydrogens (tertiary/aromatic N) is 2. The lowest BCUT2D eigenvalue weighted by Crippen LogP contribution is -2.22. The van der Waals surface area contributed by atoms with Crippen LogP contribution in [-0.2, 0) is 20.7 Å². The second-order valence-electron chi connectivity index (χ2n) is 3.39. The molecule has 7 nitrogen and oxygen atoms in total. The Hall–Kier alpha value is -2.53. The van der Waals surface area contributed by atoms with Crippen molar-refractivity contribution in [2.75, 3.05) is 7.11 Å². The lowest BCUT2D eigenvalue weighted by molar-refractivity contribution is -0.384. The molecule has 1 atom stereocenters. The molecular weight excluding hydrogens is 240 g/mol. The summed E-state index contributed by atoms with van der Waals surface area (Å²) < 4.78 is 4.48. The highest BCUT2D eigenvalue weighted by Crippen LogP contribution is 2.14. The highest BCUT2D eigenvalue weighted by atomic mass is 16.6. The molecule has 0 amide bonds. The van der Waals surface area contributed by atoms with E-state index < -0.39 is 16.9 Å². The summed E-state index contributed by atoms with van der Waals surface area (Å²) in [6.07, 6.45) is 1.42. The third-order valence-corrected chi connectivity index (χ3v) is 2.26. The van der Waals surface area contributed by atoms with Gasteiger partial charge < -0.3 is 4.74 Å². The van der Waals surface area contributed by atoms with E-state index in [1.807, 2.05) is 0 Å². The van der Waals surface area contributed by atoms with Gasteiger partial charge in [-0.1, -0.05) is 12.1 Å². The van der Waals surface area contributed by atoms with Gasteiger partial charge in [-0.05, 0) is 5.56 Å². The van der Waals surface area contributed by atoms with E-state index >= 15 is 0 Å². The zero-order chi connectivity index (χ0) is 13.5. The number of hydrogen-bond donors (Lipinski definition) is 0. The van der Waals surface area contributed by atoms with Gasteiger partial charge in [0.05, 0.1) is 12.0 Å². The fraction of sp³-hybridized carbons (Fsp3) is 0.273. The maximum atomic E-state index is 11.3. The highest BCUT2D eigenvalue weighted by Gasteiger charge is 2.19. The predicted molar refractivity (Wildman–Crippen MR) is 60.7 cm³/mol. The highest BCUT2D eigenvalue weighted by molar-refractivity contribution is 5.77. The molecular formula is C11H10N2O5. The lowest BCUT2D eigenvalue weighted by Gasteiger charge is -2.07. The van der Waals surface area contributed by atoms with Crippen LogP contribution in [0.25, 0.3) is 0 Å². The molecule has 0 fully saturated rings. The Kier molecular flexibility index (Phi) is 4.71. The van der Waals surface area contributed by atoms with Crippen LogP contribution in [0.15, 0.2) is 29.3 Å². The molecule has 1 rings (SSSR count). The first-order valence-corrected chi connectivity index (χ1v) is 4.96.